The summed E-state index contributed by atoms with van der Waals surface area (Å²) in [6.45, 7) is 1.22. The first kappa shape index (κ1) is 14.9. The number of nitrogens with zero attached hydrogens (tertiary/aromatic N) is 3. The predicted molar refractivity (Wildman–Crippen MR) is 70.8 cm³/mol. The molecule has 1 heterocycles. The molecule has 8 heteroatoms. The van der Waals surface area contributed by atoms with Crippen LogP contribution in [-0.2, 0) is 0 Å². The lowest BCUT2D eigenvalue weighted by Crippen LogP contribution is -2.37. The average molecular weight is 296 g/mol. The molecule has 0 radical (unpaired) electrons. The van der Waals surface area contributed by atoms with Crippen LogP contribution in [0.2, 0.25) is 0 Å². The number of ether oxygens (including phenoxy) is 1. The second kappa shape index (κ2) is 6.29. The van der Waals surface area contributed by atoms with Crippen molar-refractivity contribution in [3.05, 3.63) is 36.2 Å². The Morgan fingerprint density at radius 1 is 1.33 bits per heavy atom. The van der Waals surface area contributed by atoms with E-state index in [9.17, 15) is 13.6 Å². The number of rotatable bonds is 5. The Labute approximate surface area is 119 Å². The largest absolute Gasteiger partial charge is 0.497 e. The van der Waals surface area contributed by atoms with E-state index in [-0.39, 0.29) is 5.69 Å². The van der Waals surface area contributed by atoms with Crippen molar-refractivity contribution < 1.29 is 18.3 Å². The number of benzene rings is 1. The number of amides is 1. The molecular formula is C13H14F2N4O2. The lowest BCUT2D eigenvalue weighted by Gasteiger charge is -2.10. The van der Waals surface area contributed by atoms with Crippen molar-refractivity contribution in [2.24, 2.45) is 0 Å². The van der Waals surface area contributed by atoms with Gasteiger partial charge in [0.15, 0.2) is 5.69 Å². The molecule has 112 valence electrons. The molecule has 0 spiro atoms. The Balaban J connectivity index is 2.11. The quantitative estimate of drug-likeness (QED) is 0.911. The van der Waals surface area contributed by atoms with Gasteiger partial charge in [-0.2, -0.15) is 0 Å². The molecular weight excluding hydrogens is 282 g/mol. The van der Waals surface area contributed by atoms with Gasteiger partial charge >= 0.3 is 0 Å². The van der Waals surface area contributed by atoms with Crippen LogP contribution >= 0.6 is 0 Å². The summed E-state index contributed by atoms with van der Waals surface area (Å²) in [5, 5.41) is 9.62. The van der Waals surface area contributed by atoms with Crippen LogP contribution in [0.5, 0.6) is 5.75 Å². The minimum Gasteiger partial charge on any atom is -0.497 e. The minimum absolute atomic E-state index is 0.0293. The molecule has 1 atom stereocenters. The minimum atomic E-state index is -2.63. The molecule has 1 N–H and O–H groups in total. The molecule has 1 unspecified atom stereocenters. The fraction of sp³-hybridized carbons (Fsp3) is 0.308. The third-order valence-corrected chi connectivity index (χ3v) is 2.80. The molecule has 1 aromatic heterocycles. The highest BCUT2D eigenvalue weighted by atomic mass is 19.3. The van der Waals surface area contributed by atoms with Crippen molar-refractivity contribution in [3.63, 3.8) is 0 Å². The highest BCUT2D eigenvalue weighted by Crippen LogP contribution is 2.14. The maximum atomic E-state index is 12.4. The van der Waals surface area contributed by atoms with Crippen molar-refractivity contribution in [2.45, 2.75) is 19.4 Å². The molecule has 0 aliphatic carbocycles. The van der Waals surface area contributed by atoms with Crippen LogP contribution in [0.4, 0.5) is 8.78 Å². The summed E-state index contributed by atoms with van der Waals surface area (Å²) in [6, 6.07) is 5.68. The second-order valence-electron chi connectivity index (χ2n) is 4.34. The van der Waals surface area contributed by atoms with E-state index in [4.69, 9.17) is 4.74 Å². The molecule has 2 aromatic rings. The first-order chi connectivity index (χ1) is 10.0. The van der Waals surface area contributed by atoms with E-state index in [1.54, 1.807) is 31.4 Å². The fourth-order valence-corrected chi connectivity index (χ4v) is 1.57. The van der Waals surface area contributed by atoms with Crippen molar-refractivity contribution >= 4 is 5.91 Å². The molecule has 1 aromatic carbocycles. The molecule has 0 saturated heterocycles. The average Bonchev–Trinajstić information content (AvgIpc) is 2.97. The molecule has 1 amide bonds. The van der Waals surface area contributed by atoms with Crippen LogP contribution in [0.3, 0.4) is 0 Å². The van der Waals surface area contributed by atoms with Gasteiger partial charge in [0.25, 0.3) is 12.3 Å². The fourth-order valence-electron chi connectivity index (χ4n) is 1.57. The third kappa shape index (κ3) is 3.53. The highest BCUT2D eigenvalue weighted by molar-refractivity contribution is 5.92. The molecule has 0 bridgehead atoms. The summed E-state index contributed by atoms with van der Waals surface area (Å²) in [6.07, 6.45) is -1.26. The molecule has 0 aliphatic rings. The maximum Gasteiger partial charge on any atom is 0.273 e. The maximum absolute atomic E-state index is 12.4. The number of nitrogens with one attached hydrogen (secondary N) is 1. The summed E-state index contributed by atoms with van der Waals surface area (Å²) in [7, 11) is 1.55. The Bertz CT molecular complexity index is 613. The smallest absolute Gasteiger partial charge is 0.273 e. The number of alkyl halides is 2. The molecule has 21 heavy (non-hydrogen) atoms. The van der Waals surface area contributed by atoms with Crippen LogP contribution in [0, 0.1) is 0 Å². The van der Waals surface area contributed by atoms with Crippen molar-refractivity contribution in [1.29, 1.82) is 0 Å². The number of carbonyl (C=O) groups excluding carboxylic acids is 1. The zero-order chi connectivity index (χ0) is 15.4. The topological polar surface area (TPSA) is 69.0 Å². The number of methoxy groups -OCH3 is 1. The van der Waals surface area contributed by atoms with E-state index in [0.29, 0.717) is 11.4 Å². The summed E-state index contributed by atoms with van der Waals surface area (Å²) in [5.74, 6) is -0.00912. The predicted octanol–water partition coefficient (Wildman–Crippen LogP) is 1.66. The van der Waals surface area contributed by atoms with Crippen molar-refractivity contribution in [1.82, 2.24) is 20.3 Å². The summed E-state index contributed by atoms with van der Waals surface area (Å²) < 4.78 is 31.2. The van der Waals surface area contributed by atoms with Gasteiger partial charge in [-0.15, -0.1) is 5.10 Å². The van der Waals surface area contributed by atoms with Gasteiger partial charge in [-0.1, -0.05) is 5.21 Å². The lowest BCUT2D eigenvalue weighted by molar-refractivity contribution is 0.0776. The summed E-state index contributed by atoms with van der Waals surface area (Å²) in [4.78, 5) is 11.7. The van der Waals surface area contributed by atoms with E-state index in [1.165, 1.54) is 17.8 Å². The number of aromatic nitrogens is 3. The van der Waals surface area contributed by atoms with Gasteiger partial charge < -0.3 is 10.1 Å². The van der Waals surface area contributed by atoms with Crippen LogP contribution in [0.15, 0.2) is 30.5 Å². The van der Waals surface area contributed by atoms with Gasteiger partial charge in [0.2, 0.25) is 0 Å². The SMILES string of the molecule is COc1ccc(-n2cc(C(=O)NC(C)C(F)F)nn2)cc1. The Hall–Kier alpha value is -2.51. The first-order valence-electron chi connectivity index (χ1n) is 6.17. The molecule has 0 fully saturated rings. The van der Waals surface area contributed by atoms with Crippen LogP contribution in [-0.4, -0.2) is 40.5 Å². The molecule has 2 rings (SSSR count). The van der Waals surface area contributed by atoms with E-state index in [1.807, 2.05) is 0 Å². The van der Waals surface area contributed by atoms with Gasteiger partial charge in [0.05, 0.1) is 25.0 Å². The lowest BCUT2D eigenvalue weighted by atomic mass is 10.3. The van der Waals surface area contributed by atoms with E-state index < -0.39 is 18.4 Å². The van der Waals surface area contributed by atoms with E-state index in [0.717, 1.165) is 0 Å². The zero-order valence-corrected chi connectivity index (χ0v) is 11.5. The molecule has 0 saturated carbocycles. The normalized spacial score (nSPS) is 12.2. The first-order valence-corrected chi connectivity index (χ1v) is 6.17. The Kier molecular flexibility index (Phi) is 4.46. The van der Waals surface area contributed by atoms with Crippen molar-refractivity contribution in [2.75, 3.05) is 7.11 Å². The standard InChI is InChI=1S/C13H14F2N4O2/c1-8(12(14)15)16-13(20)11-7-19(18-17-11)9-3-5-10(21-2)6-4-9/h3-8,12H,1-2H3,(H,16,20). The number of halogens is 2. The van der Waals surface area contributed by atoms with E-state index in [2.05, 4.69) is 15.6 Å². The highest BCUT2D eigenvalue weighted by Gasteiger charge is 2.19. The van der Waals surface area contributed by atoms with Crippen LogP contribution < -0.4 is 10.1 Å². The number of hydrogen-bond donors (Lipinski definition) is 1. The summed E-state index contributed by atoms with van der Waals surface area (Å²) in [5.41, 5.74) is 0.641. The monoisotopic (exact) mass is 296 g/mol. The van der Waals surface area contributed by atoms with E-state index >= 15 is 0 Å². The molecule has 0 aliphatic heterocycles. The van der Waals surface area contributed by atoms with Crippen LogP contribution in [0.25, 0.3) is 5.69 Å². The Morgan fingerprint density at radius 3 is 2.57 bits per heavy atom. The summed E-state index contributed by atoms with van der Waals surface area (Å²) >= 11 is 0. The third-order valence-electron chi connectivity index (χ3n) is 2.80. The van der Waals surface area contributed by atoms with Crippen molar-refractivity contribution in [3.8, 4) is 11.4 Å². The number of carbonyl (C=O) groups is 1. The Morgan fingerprint density at radius 2 is 2.00 bits per heavy atom. The van der Waals surface area contributed by atoms with Crippen LogP contribution in [0.1, 0.15) is 17.4 Å². The van der Waals surface area contributed by atoms with Gasteiger partial charge in [-0.25, -0.2) is 13.5 Å². The number of hydrogen-bond acceptors (Lipinski definition) is 4. The second-order valence-corrected chi connectivity index (χ2v) is 4.34. The molecule has 6 nitrogen and oxygen atoms in total. The van der Waals surface area contributed by atoms with Gasteiger partial charge in [-0.3, -0.25) is 4.79 Å². The zero-order valence-electron chi connectivity index (χ0n) is 11.5. The van der Waals surface area contributed by atoms with Gasteiger partial charge in [0.1, 0.15) is 5.75 Å². The van der Waals surface area contributed by atoms with Gasteiger partial charge in [-0.05, 0) is 31.2 Å². The van der Waals surface area contributed by atoms with Gasteiger partial charge in [0, 0.05) is 0 Å².